The molecule has 1 fully saturated rings. The van der Waals surface area contributed by atoms with Gasteiger partial charge in [-0.15, -0.1) is 0 Å². The van der Waals surface area contributed by atoms with E-state index in [1.807, 2.05) is 20.8 Å². The van der Waals surface area contributed by atoms with Gasteiger partial charge >= 0.3 is 5.97 Å². The van der Waals surface area contributed by atoms with Gasteiger partial charge in [0.05, 0.1) is 6.61 Å². The van der Waals surface area contributed by atoms with Crippen molar-refractivity contribution in [3.8, 4) is 0 Å². The van der Waals surface area contributed by atoms with Crippen molar-refractivity contribution in [1.29, 1.82) is 0 Å². The Kier molecular flexibility index (Phi) is 6.01. The Morgan fingerprint density at radius 2 is 2.24 bits per heavy atom. The molecule has 5 nitrogen and oxygen atoms in total. The van der Waals surface area contributed by atoms with Crippen molar-refractivity contribution in [2.45, 2.75) is 49.9 Å². The number of likely N-dealkylation sites (N-methyl/N-ethyl adjacent to an activating group) is 1. The fourth-order valence-corrected chi connectivity index (χ4v) is 4.35. The zero-order valence-corrected chi connectivity index (χ0v) is 14.5. The number of aryl methyl sites for hydroxylation is 1. The molecule has 118 valence electrons. The Morgan fingerprint density at radius 1 is 1.48 bits per heavy atom. The maximum absolute atomic E-state index is 12.5. The highest BCUT2D eigenvalue weighted by Crippen LogP contribution is 2.43. The Balaban J connectivity index is 2.09. The number of carbonyl (C=O) groups excluding carboxylic acids is 1. The van der Waals surface area contributed by atoms with Gasteiger partial charge in [0.15, 0.2) is 4.34 Å². The SMILES string of the molecule is CCNC(CSc1nc(CC)ns1)(C(=O)OCC)C1CC1. The molecule has 2 rings (SSSR count). The number of hydrogen-bond acceptors (Lipinski definition) is 7. The first kappa shape index (κ1) is 16.7. The standard InChI is InChI=1S/C14H23N3O2S2/c1-4-11-16-13(21-17-11)20-9-14(15-5-2,10-7-8-10)12(18)19-6-3/h10,15H,4-9H2,1-3H3. The summed E-state index contributed by atoms with van der Waals surface area (Å²) in [6, 6.07) is 0. The normalized spacial score (nSPS) is 17.5. The number of nitrogens with one attached hydrogen (secondary N) is 1. The summed E-state index contributed by atoms with van der Waals surface area (Å²) < 4.78 is 10.6. The van der Waals surface area contributed by atoms with Crippen LogP contribution >= 0.6 is 23.3 Å². The molecule has 1 unspecified atom stereocenters. The molecule has 0 aromatic carbocycles. The van der Waals surface area contributed by atoms with Crippen LogP contribution in [0.2, 0.25) is 0 Å². The summed E-state index contributed by atoms with van der Waals surface area (Å²) in [5.41, 5.74) is -0.576. The van der Waals surface area contributed by atoms with Crippen LogP contribution in [-0.2, 0) is 16.0 Å². The lowest BCUT2D eigenvalue weighted by Gasteiger charge is -2.31. The average Bonchev–Trinajstić information content (AvgIpc) is 3.23. The number of nitrogens with zero attached hydrogens (tertiary/aromatic N) is 2. The van der Waals surface area contributed by atoms with Crippen molar-refractivity contribution in [3.63, 3.8) is 0 Å². The van der Waals surface area contributed by atoms with Crippen molar-refractivity contribution < 1.29 is 9.53 Å². The fourth-order valence-electron chi connectivity index (χ4n) is 2.38. The van der Waals surface area contributed by atoms with E-state index in [1.54, 1.807) is 11.8 Å². The van der Waals surface area contributed by atoms with Crippen LogP contribution in [0.1, 0.15) is 39.4 Å². The van der Waals surface area contributed by atoms with Gasteiger partial charge in [0, 0.05) is 12.2 Å². The van der Waals surface area contributed by atoms with Gasteiger partial charge < -0.3 is 10.1 Å². The molecule has 1 saturated carbocycles. The molecule has 1 aromatic heterocycles. The summed E-state index contributed by atoms with van der Waals surface area (Å²) in [6.45, 7) is 7.10. The molecule has 0 bridgehead atoms. The van der Waals surface area contributed by atoms with Crippen LogP contribution in [0.4, 0.5) is 0 Å². The summed E-state index contributed by atoms with van der Waals surface area (Å²) >= 11 is 3.02. The first-order valence-electron chi connectivity index (χ1n) is 7.53. The van der Waals surface area contributed by atoms with Crippen LogP contribution in [0.5, 0.6) is 0 Å². The lowest BCUT2D eigenvalue weighted by molar-refractivity contribution is -0.151. The molecular formula is C14H23N3O2S2. The van der Waals surface area contributed by atoms with Crippen LogP contribution < -0.4 is 5.32 Å². The molecule has 1 atom stereocenters. The fraction of sp³-hybridized carbons (Fsp3) is 0.786. The molecule has 0 amide bonds. The highest BCUT2D eigenvalue weighted by atomic mass is 32.2. The van der Waals surface area contributed by atoms with Crippen molar-refractivity contribution in [3.05, 3.63) is 5.82 Å². The minimum Gasteiger partial charge on any atom is -0.465 e. The van der Waals surface area contributed by atoms with Crippen LogP contribution in [0.15, 0.2) is 4.34 Å². The van der Waals surface area contributed by atoms with E-state index in [4.69, 9.17) is 4.74 Å². The van der Waals surface area contributed by atoms with Gasteiger partial charge in [-0.2, -0.15) is 4.37 Å². The Bertz CT molecular complexity index is 477. The third-order valence-electron chi connectivity index (χ3n) is 3.60. The highest BCUT2D eigenvalue weighted by Gasteiger charge is 2.51. The zero-order valence-electron chi connectivity index (χ0n) is 12.8. The topological polar surface area (TPSA) is 64.1 Å². The summed E-state index contributed by atoms with van der Waals surface area (Å²) in [5, 5.41) is 3.39. The Labute approximate surface area is 134 Å². The quantitative estimate of drug-likeness (QED) is 0.555. The monoisotopic (exact) mass is 329 g/mol. The number of ether oxygens (including phenoxy) is 1. The summed E-state index contributed by atoms with van der Waals surface area (Å²) in [6.07, 6.45) is 3.02. The number of rotatable bonds is 9. The Hall–Kier alpha value is -0.660. The van der Waals surface area contributed by atoms with Gasteiger partial charge in [-0.3, -0.25) is 4.79 Å². The van der Waals surface area contributed by atoms with Crippen molar-refractivity contribution in [2.75, 3.05) is 18.9 Å². The number of hydrogen-bond donors (Lipinski definition) is 1. The van der Waals surface area contributed by atoms with E-state index in [0.29, 0.717) is 18.3 Å². The van der Waals surface area contributed by atoms with Gasteiger partial charge in [0.2, 0.25) is 0 Å². The second-order valence-corrected chi connectivity index (χ2v) is 7.09. The molecule has 1 heterocycles. The molecule has 0 spiro atoms. The first-order valence-corrected chi connectivity index (χ1v) is 9.29. The van der Waals surface area contributed by atoms with Gasteiger partial charge in [-0.05, 0) is 43.8 Å². The second kappa shape index (κ2) is 7.56. The number of carbonyl (C=O) groups is 1. The van der Waals surface area contributed by atoms with E-state index in [2.05, 4.69) is 14.7 Å². The maximum Gasteiger partial charge on any atom is 0.327 e. The van der Waals surface area contributed by atoms with Crippen LogP contribution in [-0.4, -0.2) is 39.8 Å². The van der Waals surface area contributed by atoms with Crippen LogP contribution in [0.3, 0.4) is 0 Å². The predicted octanol–water partition coefficient (Wildman–Crippen LogP) is 2.51. The molecule has 1 N–H and O–H groups in total. The molecule has 1 aliphatic rings. The molecule has 1 aliphatic carbocycles. The zero-order chi connectivity index (χ0) is 15.3. The predicted molar refractivity (Wildman–Crippen MR) is 85.8 cm³/mol. The molecule has 7 heteroatoms. The number of thioether (sulfide) groups is 1. The van der Waals surface area contributed by atoms with E-state index in [1.165, 1.54) is 11.5 Å². The smallest absolute Gasteiger partial charge is 0.327 e. The van der Waals surface area contributed by atoms with E-state index in [9.17, 15) is 4.79 Å². The summed E-state index contributed by atoms with van der Waals surface area (Å²) in [5.74, 6) is 1.78. The molecule has 0 radical (unpaired) electrons. The van der Waals surface area contributed by atoms with Crippen LogP contribution in [0, 0.1) is 5.92 Å². The lowest BCUT2D eigenvalue weighted by Crippen LogP contribution is -2.57. The van der Waals surface area contributed by atoms with Gasteiger partial charge in [0.1, 0.15) is 11.4 Å². The third kappa shape index (κ3) is 3.96. The molecule has 21 heavy (non-hydrogen) atoms. The first-order chi connectivity index (χ1) is 10.2. The number of aromatic nitrogens is 2. The summed E-state index contributed by atoms with van der Waals surface area (Å²) in [4.78, 5) is 17.0. The van der Waals surface area contributed by atoms with Crippen molar-refractivity contribution >= 4 is 29.3 Å². The van der Waals surface area contributed by atoms with E-state index < -0.39 is 5.54 Å². The highest BCUT2D eigenvalue weighted by molar-refractivity contribution is 8.01. The van der Waals surface area contributed by atoms with Crippen LogP contribution in [0.25, 0.3) is 0 Å². The molecular weight excluding hydrogens is 306 g/mol. The minimum absolute atomic E-state index is 0.123. The van der Waals surface area contributed by atoms with E-state index in [-0.39, 0.29) is 5.97 Å². The summed E-state index contributed by atoms with van der Waals surface area (Å²) in [7, 11) is 0. The maximum atomic E-state index is 12.5. The minimum atomic E-state index is -0.576. The molecule has 1 aromatic rings. The van der Waals surface area contributed by atoms with Crippen molar-refractivity contribution in [1.82, 2.24) is 14.7 Å². The van der Waals surface area contributed by atoms with E-state index >= 15 is 0 Å². The van der Waals surface area contributed by atoms with E-state index in [0.717, 1.165) is 36.0 Å². The average molecular weight is 329 g/mol. The largest absolute Gasteiger partial charge is 0.465 e. The van der Waals surface area contributed by atoms with Gasteiger partial charge in [0.25, 0.3) is 0 Å². The van der Waals surface area contributed by atoms with Gasteiger partial charge in [-0.25, -0.2) is 4.98 Å². The molecule has 0 aliphatic heterocycles. The van der Waals surface area contributed by atoms with Crippen molar-refractivity contribution in [2.24, 2.45) is 5.92 Å². The number of esters is 1. The lowest BCUT2D eigenvalue weighted by atomic mass is 9.95. The second-order valence-electron chi connectivity index (χ2n) is 5.12. The third-order valence-corrected chi connectivity index (χ3v) is 5.66. The van der Waals surface area contributed by atoms with Gasteiger partial charge in [-0.1, -0.05) is 25.6 Å². The Morgan fingerprint density at radius 3 is 2.76 bits per heavy atom. The molecule has 0 saturated heterocycles.